The molecule has 21 heavy (non-hydrogen) atoms. The Hall–Kier alpha value is -2.69. The van der Waals surface area contributed by atoms with E-state index in [1.807, 2.05) is 37.3 Å². The van der Waals surface area contributed by atoms with Crippen molar-refractivity contribution in [3.63, 3.8) is 0 Å². The molecule has 0 atom stereocenters. The molecule has 0 bridgehead atoms. The lowest BCUT2D eigenvalue weighted by molar-refractivity contribution is 0.303. The molecule has 2 aromatic rings. The van der Waals surface area contributed by atoms with Crippen LogP contribution in [0.1, 0.15) is 16.7 Å². The molecule has 0 radical (unpaired) electrons. The summed E-state index contributed by atoms with van der Waals surface area (Å²) >= 11 is 0. The molecular weight excluding hydrogens is 268 g/mol. The van der Waals surface area contributed by atoms with Crippen LogP contribution in [-0.4, -0.2) is 18.2 Å². The molecule has 0 aliphatic carbocycles. The van der Waals surface area contributed by atoms with Gasteiger partial charge in [-0.3, -0.25) is 0 Å². The van der Waals surface area contributed by atoms with Crippen molar-refractivity contribution in [1.29, 1.82) is 0 Å². The maximum absolute atomic E-state index is 8.72. The fourth-order valence-electron chi connectivity index (χ4n) is 1.86. The lowest BCUT2D eigenvalue weighted by Crippen LogP contribution is -2.13. The van der Waals surface area contributed by atoms with Gasteiger partial charge >= 0.3 is 0 Å². The fourth-order valence-corrected chi connectivity index (χ4v) is 1.86. The number of amidine groups is 1. The van der Waals surface area contributed by atoms with Crippen LogP contribution in [0.25, 0.3) is 0 Å². The zero-order chi connectivity index (χ0) is 15.2. The second-order valence-corrected chi connectivity index (χ2v) is 4.60. The van der Waals surface area contributed by atoms with E-state index in [-0.39, 0.29) is 5.84 Å². The Bertz CT molecular complexity index is 636. The lowest BCUT2D eigenvalue weighted by atomic mass is 10.1. The number of oxime groups is 1. The van der Waals surface area contributed by atoms with Crippen LogP contribution in [0.3, 0.4) is 0 Å². The molecule has 0 aromatic heterocycles. The van der Waals surface area contributed by atoms with Crippen LogP contribution in [0.5, 0.6) is 11.5 Å². The van der Waals surface area contributed by atoms with Gasteiger partial charge in [-0.05, 0) is 36.2 Å². The summed E-state index contributed by atoms with van der Waals surface area (Å²) in [6.07, 6.45) is 0. The third-order valence-corrected chi connectivity index (χ3v) is 3.15. The number of aryl methyl sites for hydroxylation is 1. The van der Waals surface area contributed by atoms with E-state index in [2.05, 4.69) is 5.16 Å². The summed E-state index contributed by atoms with van der Waals surface area (Å²) in [5.74, 6) is 1.57. The maximum atomic E-state index is 8.72. The Morgan fingerprint density at radius 1 is 1.19 bits per heavy atom. The first-order valence-corrected chi connectivity index (χ1v) is 6.48. The Balaban J connectivity index is 2.11. The van der Waals surface area contributed by atoms with E-state index in [0.717, 1.165) is 16.9 Å². The molecule has 0 unspecified atom stereocenters. The Labute approximate surface area is 123 Å². The van der Waals surface area contributed by atoms with Crippen LogP contribution in [0.15, 0.2) is 47.6 Å². The summed E-state index contributed by atoms with van der Waals surface area (Å²) in [6.45, 7) is 2.38. The minimum Gasteiger partial charge on any atom is -0.497 e. The molecule has 0 fully saturated rings. The highest BCUT2D eigenvalue weighted by Crippen LogP contribution is 2.21. The van der Waals surface area contributed by atoms with Crippen molar-refractivity contribution in [1.82, 2.24) is 0 Å². The lowest BCUT2D eigenvalue weighted by Gasteiger charge is -2.11. The van der Waals surface area contributed by atoms with E-state index in [1.165, 1.54) is 0 Å². The van der Waals surface area contributed by atoms with Crippen LogP contribution >= 0.6 is 0 Å². The molecule has 5 heteroatoms. The molecule has 5 nitrogen and oxygen atoms in total. The fraction of sp³-hybridized carbons (Fsp3) is 0.188. The molecule has 0 saturated carbocycles. The second-order valence-electron chi connectivity index (χ2n) is 4.60. The Kier molecular flexibility index (Phi) is 4.66. The molecule has 0 saturated heterocycles. The van der Waals surface area contributed by atoms with Crippen LogP contribution in [0.2, 0.25) is 0 Å². The predicted octanol–water partition coefficient (Wildman–Crippen LogP) is 2.68. The zero-order valence-corrected chi connectivity index (χ0v) is 12.0. The molecule has 2 aromatic carbocycles. The van der Waals surface area contributed by atoms with E-state index < -0.39 is 0 Å². The zero-order valence-electron chi connectivity index (χ0n) is 12.0. The van der Waals surface area contributed by atoms with Crippen LogP contribution in [0, 0.1) is 6.92 Å². The number of benzene rings is 2. The van der Waals surface area contributed by atoms with Gasteiger partial charge in [-0.15, -0.1) is 0 Å². The smallest absolute Gasteiger partial charge is 0.170 e. The number of nitrogens with two attached hydrogens (primary N) is 1. The molecule has 110 valence electrons. The van der Waals surface area contributed by atoms with Gasteiger partial charge in [0.2, 0.25) is 0 Å². The maximum Gasteiger partial charge on any atom is 0.170 e. The van der Waals surface area contributed by atoms with Crippen molar-refractivity contribution in [2.24, 2.45) is 10.9 Å². The van der Waals surface area contributed by atoms with Gasteiger partial charge in [0, 0.05) is 5.56 Å². The molecular formula is C16H18N2O3. The number of rotatable bonds is 5. The van der Waals surface area contributed by atoms with Gasteiger partial charge in [0.1, 0.15) is 18.1 Å². The van der Waals surface area contributed by atoms with Crippen molar-refractivity contribution in [2.45, 2.75) is 13.5 Å². The first-order valence-electron chi connectivity index (χ1n) is 6.48. The minimum atomic E-state index is 0.0595. The summed E-state index contributed by atoms with van der Waals surface area (Å²) in [7, 11) is 1.63. The average molecular weight is 286 g/mol. The SMILES string of the molecule is COc1ccc(COc2cc(/C(N)=N/O)ccc2C)cc1. The van der Waals surface area contributed by atoms with Gasteiger partial charge in [0.15, 0.2) is 5.84 Å². The summed E-state index contributed by atoms with van der Waals surface area (Å²) in [6, 6.07) is 13.1. The standard InChI is InChI=1S/C16H18N2O3/c1-11-3-6-13(16(17)18-19)9-15(11)21-10-12-4-7-14(20-2)8-5-12/h3-9,19H,10H2,1-2H3,(H2,17,18). The Morgan fingerprint density at radius 2 is 1.90 bits per heavy atom. The molecule has 2 rings (SSSR count). The van der Waals surface area contributed by atoms with E-state index in [0.29, 0.717) is 17.9 Å². The third-order valence-electron chi connectivity index (χ3n) is 3.15. The van der Waals surface area contributed by atoms with Crippen LogP contribution in [-0.2, 0) is 6.61 Å². The predicted molar refractivity (Wildman–Crippen MR) is 81.0 cm³/mol. The van der Waals surface area contributed by atoms with Gasteiger partial charge in [-0.1, -0.05) is 29.4 Å². The molecule has 3 N–H and O–H groups in total. The quantitative estimate of drug-likeness (QED) is 0.383. The number of hydrogen-bond donors (Lipinski definition) is 2. The first kappa shape index (κ1) is 14.7. The molecule has 0 aliphatic heterocycles. The van der Waals surface area contributed by atoms with Gasteiger partial charge in [0.05, 0.1) is 7.11 Å². The van der Waals surface area contributed by atoms with Crippen molar-refractivity contribution in [3.05, 3.63) is 59.2 Å². The third kappa shape index (κ3) is 3.66. The molecule has 0 spiro atoms. The van der Waals surface area contributed by atoms with E-state index >= 15 is 0 Å². The summed E-state index contributed by atoms with van der Waals surface area (Å²) in [4.78, 5) is 0. The highest BCUT2D eigenvalue weighted by molar-refractivity contribution is 5.97. The topological polar surface area (TPSA) is 77.1 Å². The van der Waals surface area contributed by atoms with Crippen molar-refractivity contribution in [2.75, 3.05) is 7.11 Å². The van der Waals surface area contributed by atoms with Crippen molar-refractivity contribution < 1.29 is 14.7 Å². The van der Waals surface area contributed by atoms with Crippen molar-refractivity contribution in [3.8, 4) is 11.5 Å². The summed E-state index contributed by atoms with van der Waals surface area (Å²) in [5.41, 5.74) is 8.22. The average Bonchev–Trinajstić information content (AvgIpc) is 2.53. The van der Waals surface area contributed by atoms with Gasteiger partial charge < -0.3 is 20.4 Å². The van der Waals surface area contributed by atoms with Crippen molar-refractivity contribution >= 4 is 5.84 Å². The van der Waals surface area contributed by atoms with Crippen LogP contribution < -0.4 is 15.2 Å². The van der Waals surface area contributed by atoms with Gasteiger partial charge in [-0.25, -0.2) is 0 Å². The summed E-state index contributed by atoms with van der Waals surface area (Å²) in [5, 5.41) is 11.7. The monoisotopic (exact) mass is 286 g/mol. The van der Waals surface area contributed by atoms with Gasteiger partial charge in [0.25, 0.3) is 0 Å². The Morgan fingerprint density at radius 3 is 2.52 bits per heavy atom. The van der Waals surface area contributed by atoms with Gasteiger partial charge in [-0.2, -0.15) is 0 Å². The number of ether oxygens (including phenoxy) is 2. The largest absolute Gasteiger partial charge is 0.497 e. The first-order chi connectivity index (χ1) is 10.1. The number of methoxy groups -OCH3 is 1. The van der Waals surface area contributed by atoms with E-state index in [9.17, 15) is 0 Å². The second kappa shape index (κ2) is 6.65. The van der Waals surface area contributed by atoms with Crippen LogP contribution in [0.4, 0.5) is 0 Å². The number of nitrogens with zero attached hydrogens (tertiary/aromatic N) is 1. The normalized spacial score (nSPS) is 11.2. The molecule has 0 heterocycles. The number of hydrogen-bond acceptors (Lipinski definition) is 4. The highest BCUT2D eigenvalue weighted by Gasteiger charge is 2.05. The van der Waals surface area contributed by atoms with E-state index in [4.69, 9.17) is 20.4 Å². The minimum absolute atomic E-state index is 0.0595. The summed E-state index contributed by atoms with van der Waals surface area (Å²) < 4.78 is 10.9. The molecule has 0 aliphatic rings. The highest BCUT2D eigenvalue weighted by atomic mass is 16.5. The van der Waals surface area contributed by atoms with E-state index in [1.54, 1.807) is 19.2 Å². The molecule has 0 amide bonds.